The number of alkyl halides is 1. The number of hydrogen-bond acceptors (Lipinski definition) is 2. The maximum absolute atomic E-state index is 10.8. The SMILES string of the molecule is Cc1ccc(C(O)CNC(=O)CCl)cc1. The summed E-state index contributed by atoms with van der Waals surface area (Å²) in [6.45, 7) is 2.17. The van der Waals surface area contributed by atoms with Gasteiger partial charge in [-0.1, -0.05) is 29.8 Å². The van der Waals surface area contributed by atoms with Crippen molar-refractivity contribution in [3.8, 4) is 0 Å². The van der Waals surface area contributed by atoms with E-state index in [1.165, 1.54) is 0 Å². The Bertz CT molecular complexity index is 324. The van der Waals surface area contributed by atoms with E-state index < -0.39 is 6.10 Å². The van der Waals surface area contributed by atoms with Crippen LogP contribution in [0.25, 0.3) is 0 Å². The van der Waals surface area contributed by atoms with Crippen LogP contribution in [0.1, 0.15) is 17.2 Å². The van der Waals surface area contributed by atoms with Crippen molar-refractivity contribution < 1.29 is 9.90 Å². The van der Waals surface area contributed by atoms with Crippen LogP contribution in [0.3, 0.4) is 0 Å². The predicted molar refractivity (Wildman–Crippen MR) is 59.9 cm³/mol. The van der Waals surface area contributed by atoms with Crippen molar-refractivity contribution in [2.45, 2.75) is 13.0 Å². The predicted octanol–water partition coefficient (Wildman–Crippen LogP) is 1.38. The topological polar surface area (TPSA) is 49.3 Å². The van der Waals surface area contributed by atoms with Crippen LogP contribution in [0.5, 0.6) is 0 Å². The fourth-order valence-electron chi connectivity index (χ4n) is 1.16. The summed E-state index contributed by atoms with van der Waals surface area (Å²) < 4.78 is 0. The van der Waals surface area contributed by atoms with E-state index in [1.54, 1.807) is 0 Å². The number of aliphatic hydroxyl groups excluding tert-OH is 1. The van der Waals surface area contributed by atoms with Gasteiger partial charge in [-0.3, -0.25) is 4.79 Å². The fourth-order valence-corrected chi connectivity index (χ4v) is 1.26. The molecule has 1 atom stereocenters. The molecule has 3 nitrogen and oxygen atoms in total. The third-order valence-electron chi connectivity index (χ3n) is 2.08. The third-order valence-corrected chi connectivity index (χ3v) is 2.32. The Labute approximate surface area is 94.1 Å². The summed E-state index contributed by atoms with van der Waals surface area (Å²) in [5.74, 6) is -0.358. The molecule has 0 saturated carbocycles. The van der Waals surface area contributed by atoms with E-state index in [4.69, 9.17) is 11.6 Å². The average molecular weight is 228 g/mol. The zero-order valence-corrected chi connectivity index (χ0v) is 9.29. The summed E-state index contributed by atoms with van der Waals surface area (Å²) >= 11 is 5.31. The normalized spacial score (nSPS) is 12.2. The Balaban J connectivity index is 2.50. The summed E-state index contributed by atoms with van der Waals surface area (Å²) in [4.78, 5) is 10.8. The fraction of sp³-hybridized carbons (Fsp3) is 0.364. The van der Waals surface area contributed by atoms with Gasteiger partial charge in [0.1, 0.15) is 5.88 Å². The number of aliphatic hydroxyl groups is 1. The molecule has 0 bridgehead atoms. The molecule has 0 saturated heterocycles. The Morgan fingerprint density at radius 2 is 2.07 bits per heavy atom. The highest BCUT2D eigenvalue weighted by atomic mass is 35.5. The Hall–Kier alpha value is -1.06. The van der Waals surface area contributed by atoms with Gasteiger partial charge in [0.05, 0.1) is 6.10 Å². The summed E-state index contributed by atoms with van der Waals surface area (Å²) in [7, 11) is 0. The molecule has 0 spiro atoms. The maximum Gasteiger partial charge on any atom is 0.235 e. The molecule has 0 heterocycles. The molecule has 0 aliphatic rings. The minimum atomic E-state index is -0.683. The lowest BCUT2D eigenvalue weighted by atomic mass is 10.1. The largest absolute Gasteiger partial charge is 0.387 e. The van der Waals surface area contributed by atoms with Gasteiger partial charge in [0.25, 0.3) is 0 Å². The number of amides is 1. The quantitative estimate of drug-likeness (QED) is 0.764. The van der Waals surface area contributed by atoms with Crippen molar-refractivity contribution in [2.75, 3.05) is 12.4 Å². The van der Waals surface area contributed by atoms with E-state index in [1.807, 2.05) is 31.2 Å². The molecule has 1 unspecified atom stereocenters. The first-order valence-corrected chi connectivity index (χ1v) is 5.24. The van der Waals surface area contributed by atoms with Crippen LogP contribution >= 0.6 is 11.6 Å². The van der Waals surface area contributed by atoms with E-state index in [9.17, 15) is 9.90 Å². The molecule has 0 fully saturated rings. The number of carbonyl (C=O) groups is 1. The second-order valence-corrected chi connectivity index (χ2v) is 3.63. The van der Waals surface area contributed by atoms with Gasteiger partial charge in [0, 0.05) is 6.54 Å². The van der Waals surface area contributed by atoms with Gasteiger partial charge < -0.3 is 10.4 Å². The molecule has 1 amide bonds. The van der Waals surface area contributed by atoms with Crippen LogP contribution < -0.4 is 5.32 Å². The van der Waals surface area contributed by atoms with Crippen molar-refractivity contribution in [3.05, 3.63) is 35.4 Å². The van der Waals surface area contributed by atoms with Crippen molar-refractivity contribution in [1.29, 1.82) is 0 Å². The van der Waals surface area contributed by atoms with E-state index in [2.05, 4.69) is 5.32 Å². The van der Waals surface area contributed by atoms with Crippen molar-refractivity contribution in [3.63, 3.8) is 0 Å². The molecule has 0 aromatic heterocycles. The Kier molecular flexibility index (Phi) is 4.59. The van der Waals surface area contributed by atoms with Crippen molar-refractivity contribution in [2.24, 2.45) is 0 Å². The molecule has 0 radical (unpaired) electrons. The molecule has 4 heteroatoms. The van der Waals surface area contributed by atoms with E-state index in [0.29, 0.717) is 0 Å². The second kappa shape index (κ2) is 5.73. The Morgan fingerprint density at radius 1 is 1.47 bits per heavy atom. The van der Waals surface area contributed by atoms with Crippen LogP contribution in [0.4, 0.5) is 0 Å². The van der Waals surface area contributed by atoms with E-state index in [0.717, 1.165) is 11.1 Å². The zero-order valence-electron chi connectivity index (χ0n) is 8.53. The van der Waals surface area contributed by atoms with E-state index in [-0.39, 0.29) is 18.3 Å². The molecule has 0 aliphatic carbocycles. The lowest BCUT2D eigenvalue weighted by Gasteiger charge is -2.11. The number of rotatable bonds is 4. The standard InChI is InChI=1S/C11H14ClNO2/c1-8-2-4-9(5-3-8)10(14)7-13-11(15)6-12/h2-5,10,14H,6-7H2,1H3,(H,13,15). The van der Waals surface area contributed by atoms with Gasteiger partial charge in [-0.25, -0.2) is 0 Å². The molecule has 1 aromatic carbocycles. The van der Waals surface area contributed by atoms with Crippen molar-refractivity contribution >= 4 is 17.5 Å². The highest BCUT2D eigenvalue weighted by molar-refractivity contribution is 6.27. The van der Waals surface area contributed by atoms with Gasteiger partial charge in [-0.15, -0.1) is 11.6 Å². The smallest absolute Gasteiger partial charge is 0.235 e. The molecule has 2 N–H and O–H groups in total. The van der Waals surface area contributed by atoms with Crippen LogP contribution in [0, 0.1) is 6.92 Å². The number of carbonyl (C=O) groups excluding carboxylic acids is 1. The van der Waals surface area contributed by atoms with Gasteiger partial charge in [0.2, 0.25) is 5.91 Å². The van der Waals surface area contributed by atoms with Crippen molar-refractivity contribution in [1.82, 2.24) is 5.32 Å². The maximum atomic E-state index is 10.8. The minimum absolute atomic E-state index is 0.0827. The van der Waals surface area contributed by atoms with E-state index >= 15 is 0 Å². The van der Waals surface area contributed by atoms with Crippen LogP contribution in [0.2, 0.25) is 0 Å². The van der Waals surface area contributed by atoms with Gasteiger partial charge in [-0.2, -0.15) is 0 Å². The first kappa shape index (κ1) is 12.0. The highest BCUT2D eigenvalue weighted by Gasteiger charge is 2.08. The van der Waals surface area contributed by atoms with Gasteiger partial charge >= 0.3 is 0 Å². The number of nitrogens with one attached hydrogen (secondary N) is 1. The zero-order chi connectivity index (χ0) is 11.3. The highest BCUT2D eigenvalue weighted by Crippen LogP contribution is 2.12. The Morgan fingerprint density at radius 3 is 2.60 bits per heavy atom. The molecule has 1 rings (SSSR count). The first-order chi connectivity index (χ1) is 7.13. The number of benzene rings is 1. The summed E-state index contributed by atoms with van der Waals surface area (Å²) in [6, 6.07) is 7.52. The number of aryl methyl sites for hydroxylation is 1. The molecular formula is C11H14ClNO2. The molecule has 1 aromatic rings. The van der Waals surface area contributed by atoms with Crippen LogP contribution in [0.15, 0.2) is 24.3 Å². The van der Waals surface area contributed by atoms with Crippen LogP contribution in [-0.4, -0.2) is 23.4 Å². The monoisotopic (exact) mass is 227 g/mol. The summed E-state index contributed by atoms with van der Waals surface area (Å²) in [5.41, 5.74) is 1.92. The second-order valence-electron chi connectivity index (χ2n) is 3.36. The number of halogens is 1. The van der Waals surface area contributed by atoms with Gasteiger partial charge in [0.15, 0.2) is 0 Å². The molecule has 82 valence electrons. The van der Waals surface area contributed by atoms with Gasteiger partial charge in [-0.05, 0) is 12.5 Å². The minimum Gasteiger partial charge on any atom is -0.387 e. The molecule has 0 aliphatic heterocycles. The summed E-state index contributed by atoms with van der Waals surface area (Å²) in [6.07, 6.45) is -0.683. The first-order valence-electron chi connectivity index (χ1n) is 4.70. The number of hydrogen-bond donors (Lipinski definition) is 2. The molecule has 15 heavy (non-hydrogen) atoms. The average Bonchev–Trinajstić information content (AvgIpc) is 2.26. The third kappa shape index (κ3) is 3.90. The summed E-state index contributed by atoms with van der Waals surface area (Å²) in [5, 5.41) is 12.2. The molecular weight excluding hydrogens is 214 g/mol. The lowest BCUT2D eigenvalue weighted by Crippen LogP contribution is -2.29. The van der Waals surface area contributed by atoms with Crippen LogP contribution in [-0.2, 0) is 4.79 Å². The lowest BCUT2D eigenvalue weighted by molar-refractivity contribution is -0.119.